The van der Waals surface area contributed by atoms with Gasteiger partial charge in [-0.05, 0) is 78.1 Å². The van der Waals surface area contributed by atoms with E-state index in [9.17, 15) is 19.6 Å². The molecule has 1 saturated carbocycles. The lowest BCUT2D eigenvalue weighted by atomic mass is 9.72. The lowest BCUT2D eigenvalue weighted by Gasteiger charge is -2.34. The van der Waals surface area contributed by atoms with E-state index in [1.807, 2.05) is 19.1 Å². The first-order chi connectivity index (χ1) is 20.1. The molecule has 2 aromatic rings. The molecule has 2 fully saturated rings. The zero-order valence-electron chi connectivity index (χ0n) is 24.2. The Bertz CT molecular complexity index is 1450. The first kappa shape index (κ1) is 29.0. The average molecular weight is 572 g/mol. The summed E-state index contributed by atoms with van der Waals surface area (Å²) in [6.07, 6.45) is 1.12. The highest BCUT2D eigenvalue weighted by Gasteiger charge is 2.60. The van der Waals surface area contributed by atoms with Crippen LogP contribution in [0.25, 0.3) is 11.1 Å². The number of rotatable bonds is 9. The molecule has 3 aliphatic rings. The Kier molecular flexibility index (Phi) is 7.66. The normalized spacial score (nSPS) is 23.6. The quantitative estimate of drug-likeness (QED) is 0.109. The second-order valence-corrected chi connectivity index (χ2v) is 11.4. The first-order valence-electron chi connectivity index (χ1n) is 14.1. The van der Waals surface area contributed by atoms with Gasteiger partial charge in [0.25, 0.3) is 11.8 Å². The minimum absolute atomic E-state index is 0.0719. The van der Waals surface area contributed by atoms with Crippen LogP contribution in [0.1, 0.15) is 58.5 Å². The van der Waals surface area contributed by atoms with Crippen LogP contribution in [0.5, 0.6) is 0 Å². The molecule has 1 saturated heterocycles. The minimum Gasteiger partial charge on any atom is -0.385 e. The highest BCUT2D eigenvalue weighted by molar-refractivity contribution is 6.06. The summed E-state index contributed by atoms with van der Waals surface area (Å²) in [7, 11) is 3.13. The Hall–Kier alpha value is -4.47. The SMILES string of the molecule is CNC(=O)c1ccc2c(c1)-c1cc(C(=O)NC)ccc1C2(C[C@@H](C)NCC(=O)N1C(C#N)CC2C1[C@H]2C)/C(N)=N/NN. The molecule has 1 aliphatic heterocycles. The minimum atomic E-state index is -0.992. The van der Waals surface area contributed by atoms with Crippen LogP contribution in [0.3, 0.4) is 0 Å². The van der Waals surface area contributed by atoms with E-state index in [1.54, 1.807) is 43.3 Å². The summed E-state index contributed by atoms with van der Waals surface area (Å²) in [4.78, 5) is 40.1. The molecule has 5 rings (SSSR count). The van der Waals surface area contributed by atoms with Crippen LogP contribution in [0.4, 0.5) is 0 Å². The zero-order chi connectivity index (χ0) is 30.3. The Morgan fingerprint density at radius 3 is 2.17 bits per heavy atom. The summed E-state index contributed by atoms with van der Waals surface area (Å²) >= 11 is 0. The summed E-state index contributed by atoms with van der Waals surface area (Å²) in [6, 6.07) is 12.5. The van der Waals surface area contributed by atoms with Crippen LogP contribution < -0.4 is 33.1 Å². The van der Waals surface area contributed by atoms with Gasteiger partial charge in [-0.2, -0.15) is 10.4 Å². The third kappa shape index (κ3) is 4.55. The maximum atomic E-state index is 13.3. The molecule has 2 aromatic carbocycles. The largest absolute Gasteiger partial charge is 0.385 e. The summed E-state index contributed by atoms with van der Waals surface area (Å²) < 4.78 is 0. The third-order valence-electron chi connectivity index (χ3n) is 9.17. The number of carbonyl (C=O) groups is 3. The molecule has 220 valence electrons. The van der Waals surface area contributed by atoms with Gasteiger partial charge in [-0.3, -0.25) is 14.4 Å². The number of hydrogen-bond acceptors (Lipinski definition) is 8. The summed E-state index contributed by atoms with van der Waals surface area (Å²) in [6.45, 7) is 4.15. The number of amides is 3. The summed E-state index contributed by atoms with van der Waals surface area (Å²) in [5.41, 5.74) is 12.0. The van der Waals surface area contributed by atoms with Crippen molar-refractivity contribution in [1.82, 2.24) is 26.4 Å². The monoisotopic (exact) mass is 571 g/mol. The standard InChI is InChI=1S/C30H37N9O3/c1-15(36-14-25(40)39-19(13-31)11-20-16(2)26(20)39)12-30(29(32)37-38-33)23-7-5-17(27(41)34-3)9-21(23)22-10-18(28(42)35-4)6-8-24(22)30/h5-10,15-16,19-20,26,36,38H,11-12,14,33H2,1-4H3,(H2,32,37)(H,34,41)(H,35,42)/t15-,16+,19?,20?,26?/m1/s1. The molecular weight excluding hydrogens is 534 g/mol. The fourth-order valence-corrected chi connectivity index (χ4v) is 7.01. The van der Waals surface area contributed by atoms with E-state index in [4.69, 9.17) is 11.6 Å². The van der Waals surface area contributed by atoms with E-state index < -0.39 is 5.41 Å². The van der Waals surface area contributed by atoms with E-state index in [0.717, 1.165) is 28.7 Å². The maximum Gasteiger partial charge on any atom is 0.251 e. The van der Waals surface area contributed by atoms with Crippen molar-refractivity contribution >= 4 is 23.6 Å². The van der Waals surface area contributed by atoms with Crippen molar-refractivity contribution in [2.24, 2.45) is 28.5 Å². The number of hydrazine groups is 1. The highest BCUT2D eigenvalue weighted by atomic mass is 16.2. The summed E-state index contributed by atoms with van der Waals surface area (Å²) in [5.74, 6) is 6.03. The Labute approximate surface area is 244 Å². The molecule has 8 N–H and O–H groups in total. The predicted molar refractivity (Wildman–Crippen MR) is 158 cm³/mol. The Morgan fingerprint density at radius 1 is 1.10 bits per heavy atom. The lowest BCUT2D eigenvalue weighted by Crippen LogP contribution is -2.49. The number of nitrogens with one attached hydrogen (secondary N) is 4. The van der Waals surface area contributed by atoms with Gasteiger partial charge in [0.05, 0.1) is 18.0 Å². The Balaban J connectivity index is 1.52. The van der Waals surface area contributed by atoms with Gasteiger partial charge in [0, 0.05) is 37.3 Å². The summed E-state index contributed by atoms with van der Waals surface area (Å²) in [5, 5.41) is 22.5. The topological polar surface area (TPSA) is 191 Å². The molecule has 5 atom stereocenters. The van der Waals surface area contributed by atoms with E-state index >= 15 is 0 Å². The number of nitrogens with two attached hydrogens (primary N) is 2. The Morgan fingerprint density at radius 2 is 1.67 bits per heavy atom. The van der Waals surface area contributed by atoms with Gasteiger partial charge in [-0.25, -0.2) is 11.4 Å². The van der Waals surface area contributed by atoms with Gasteiger partial charge in [0.15, 0.2) is 0 Å². The number of hydrazone groups is 1. The van der Waals surface area contributed by atoms with Crippen molar-refractivity contribution in [2.45, 2.75) is 50.2 Å². The van der Waals surface area contributed by atoms with Crippen molar-refractivity contribution in [3.05, 3.63) is 58.7 Å². The van der Waals surface area contributed by atoms with E-state index in [1.165, 1.54) is 0 Å². The highest BCUT2D eigenvalue weighted by Crippen LogP contribution is 2.53. The van der Waals surface area contributed by atoms with Crippen molar-refractivity contribution in [2.75, 3.05) is 20.6 Å². The number of benzene rings is 2. The fraction of sp³-hybridized carbons (Fsp3) is 0.433. The second-order valence-electron chi connectivity index (χ2n) is 11.4. The van der Waals surface area contributed by atoms with Crippen molar-refractivity contribution in [1.29, 1.82) is 5.26 Å². The van der Waals surface area contributed by atoms with E-state index in [0.29, 0.717) is 29.4 Å². The van der Waals surface area contributed by atoms with Gasteiger partial charge in [-0.1, -0.05) is 19.1 Å². The fourth-order valence-electron chi connectivity index (χ4n) is 7.01. The van der Waals surface area contributed by atoms with Gasteiger partial charge < -0.3 is 26.6 Å². The molecule has 3 amide bonds. The van der Waals surface area contributed by atoms with Crippen molar-refractivity contribution in [3.63, 3.8) is 0 Å². The van der Waals surface area contributed by atoms with Crippen LogP contribution in [0.2, 0.25) is 0 Å². The molecule has 1 heterocycles. The number of likely N-dealkylation sites (tertiary alicyclic amines) is 1. The van der Waals surface area contributed by atoms with Crippen LogP contribution >= 0.6 is 0 Å². The third-order valence-corrected chi connectivity index (χ3v) is 9.17. The van der Waals surface area contributed by atoms with Crippen molar-refractivity contribution in [3.8, 4) is 17.2 Å². The molecule has 3 unspecified atom stereocenters. The first-order valence-corrected chi connectivity index (χ1v) is 14.1. The molecule has 12 nitrogen and oxygen atoms in total. The molecule has 0 aromatic heterocycles. The molecule has 0 radical (unpaired) electrons. The maximum absolute atomic E-state index is 13.3. The van der Waals surface area contributed by atoms with Crippen LogP contribution in [-0.2, 0) is 10.2 Å². The lowest BCUT2D eigenvalue weighted by molar-refractivity contribution is -0.131. The number of carbonyl (C=O) groups excluding carboxylic acids is 3. The number of nitrogens with zero attached hydrogens (tertiary/aromatic N) is 3. The number of nitriles is 1. The van der Waals surface area contributed by atoms with E-state index in [-0.39, 0.29) is 48.2 Å². The van der Waals surface area contributed by atoms with Crippen LogP contribution in [0.15, 0.2) is 41.5 Å². The predicted octanol–water partition coefficient (Wildman–Crippen LogP) is 0.535. The van der Waals surface area contributed by atoms with Gasteiger partial charge in [0.2, 0.25) is 5.91 Å². The molecule has 42 heavy (non-hydrogen) atoms. The average Bonchev–Trinajstić information content (AvgIpc) is 3.33. The molecular formula is C30H37N9O3. The van der Waals surface area contributed by atoms with Crippen LogP contribution in [-0.4, -0.2) is 67.2 Å². The molecule has 12 heteroatoms. The number of piperidine rings is 1. The van der Waals surface area contributed by atoms with Gasteiger partial charge in [-0.15, -0.1) is 0 Å². The zero-order valence-corrected chi connectivity index (χ0v) is 24.2. The molecule has 2 aliphatic carbocycles. The van der Waals surface area contributed by atoms with E-state index in [2.05, 4.69) is 39.6 Å². The number of fused-ring (bicyclic) bond motifs is 4. The van der Waals surface area contributed by atoms with Gasteiger partial charge in [0.1, 0.15) is 11.9 Å². The smallest absolute Gasteiger partial charge is 0.251 e. The van der Waals surface area contributed by atoms with Crippen LogP contribution in [0, 0.1) is 23.2 Å². The van der Waals surface area contributed by atoms with Gasteiger partial charge >= 0.3 is 0 Å². The molecule has 0 bridgehead atoms. The second kappa shape index (κ2) is 11.1. The number of hydrogen-bond donors (Lipinski definition) is 6. The number of amidine groups is 1. The molecule has 0 spiro atoms. The van der Waals surface area contributed by atoms with Crippen molar-refractivity contribution < 1.29 is 14.4 Å².